The molecule has 0 spiro atoms. The molecule has 0 aliphatic carbocycles. The Hall–Kier alpha value is -0.900. The van der Waals surface area contributed by atoms with Gasteiger partial charge in [-0.3, -0.25) is 0 Å². The summed E-state index contributed by atoms with van der Waals surface area (Å²) in [7, 11) is 0. The first-order chi connectivity index (χ1) is 9.48. The monoisotopic (exact) mass is 276 g/mol. The molecule has 20 heavy (non-hydrogen) atoms. The molecule has 1 aromatic carbocycles. The van der Waals surface area contributed by atoms with Crippen LogP contribution in [-0.4, -0.2) is 35.2 Å². The minimum absolute atomic E-state index is 0.0833. The maximum Gasteiger partial charge on any atom is 0.0632 e. The number of hydrogen-bond acceptors (Lipinski definition) is 3. The number of nitrogens with two attached hydrogens (primary N) is 1. The molecule has 1 aromatic rings. The summed E-state index contributed by atoms with van der Waals surface area (Å²) in [5, 5.41) is 10.1. The number of benzene rings is 1. The van der Waals surface area contributed by atoms with E-state index in [9.17, 15) is 5.11 Å². The normalized spacial score (nSPS) is 27.8. The summed E-state index contributed by atoms with van der Waals surface area (Å²) < 4.78 is 0. The largest absolute Gasteiger partial charge is 0.390 e. The Morgan fingerprint density at radius 1 is 1.25 bits per heavy atom. The van der Waals surface area contributed by atoms with E-state index in [0.717, 1.165) is 38.9 Å². The van der Waals surface area contributed by atoms with Crippen molar-refractivity contribution in [3.63, 3.8) is 0 Å². The van der Waals surface area contributed by atoms with Crippen LogP contribution in [0.3, 0.4) is 0 Å². The van der Waals surface area contributed by atoms with E-state index in [1.165, 1.54) is 5.56 Å². The van der Waals surface area contributed by atoms with Gasteiger partial charge in [-0.25, -0.2) is 0 Å². The molecule has 0 bridgehead atoms. The Morgan fingerprint density at radius 2 is 1.95 bits per heavy atom. The summed E-state index contributed by atoms with van der Waals surface area (Å²) in [4.78, 5) is 2.45. The average Bonchev–Trinajstić information content (AvgIpc) is 2.60. The van der Waals surface area contributed by atoms with Crippen LogP contribution in [-0.2, 0) is 0 Å². The van der Waals surface area contributed by atoms with Crippen molar-refractivity contribution >= 4 is 0 Å². The highest BCUT2D eigenvalue weighted by atomic mass is 16.3. The predicted octanol–water partition coefficient (Wildman–Crippen LogP) is 2.56. The van der Waals surface area contributed by atoms with E-state index in [0.29, 0.717) is 5.92 Å². The van der Waals surface area contributed by atoms with E-state index in [1.807, 2.05) is 25.1 Å². The molecule has 3 heteroatoms. The van der Waals surface area contributed by atoms with E-state index < -0.39 is 5.60 Å². The van der Waals surface area contributed by atoms with Gasteiger partial charge in [0.2, 0.25) is 0 Å². The van der Waals surface area contributed by atoms with Crippen LogP contribution in [0.15, 0.2) is 30.3 Å². The van der Waals surface area contributed by atoms with Crippen molar-refractivity contribution in [2.75, 3.05) is 19.6 Å². The molecule has 3 N–H and O–H groups in total. The van der Waals surface area contributed by atoms with E-state index in [4.69, 9.17) is 5.73 Å². The number of hydrogen-bond donors (Lipinski definition) is 2. The van der Waals surface area contributed by atoms with Gasteiger partial charge in [-0.2, -0.15) is 0 Å². The Morgan fingerprint density at radius 3 is 2.65 bits per heavy atom. The summed E-state index contributed by atoms with van der Waals surface area (Å²) >= 11 is 0. The van der Waals surface area contributed by atoms with Gasteiger partial charge < -0.3 is 15.7 Å². The van der Waals surface area contributed by atoms with Crippen LogP contribution in [0.5, 0.6) is 0 Å². The maximum absolute atomic E-state index is 10.1. The third-order valence-corrected chi connectivity index (χ3v) is 4.50. The van der Waals surface area contributed by atoms with Crippen molar-refractivity contribution < 1.29 is 5.11 Å². The maximum atomic E-state index is 10.1. The molecular formula is C17H28N2O. The van der Waals surface area contributed by atoms with Gasteiger partial charge in [0, 0.05) is 19.1 Å². The molecule has 1 saturated heterocycles. The number of likely N-dealkylation sites (tertiary alicyclic amines) is 1. The van der Waals surface area contributed by atoms with E-state index in [2.05, 4.69) is 24.0 Å². The lowest BCUT2D eigenvalue weighted by molar-refractivity contribution is 0.0441. The molecule has 1 aliphatic heterocycles. The third-order valence-electron chi connectivity index (χ3n) is 4.50. The van der Waals surface area contributed by atoms with Gasteiger partial charge in [0.05, 0.1) is 5.60 Å². The Balaban J connectivity index is 1.89. The van der Waals surface area contributed by atoms with Gasteiger partial charge in [0.1, 0.15) is 0 Å². The van der Waals surface area contributed by atoms with Gasteiger partial charge in [-0.1, -0.05) is 37.3 Å². The number of rotatable bonds is 4. The van der Waals surface area contributed by atoms with Crippen LogP contribution in [0.1, 0.15) is 44.7 Å². The molecule has 3 nitrogen and oxygen atoms in total. The fourth-order valence-electron chi connectivity index (χ4n) is 3.03. The molecular weight excluding hydrogens is 248 g/mol. The van der Waals surface area contributed by atoms with Crippen LogP contribution in [0.2, 0.25) is 0 Å². The van der Waals surface area contributed by atoms with Crippen molar-refractivity contribution in [1.29, 1.82) is 0 Å². The van der Waals surface area contributed by atoms with Crippen molar-refractivity contribution in [2.24, 2.45) is 11.7 Å². The first-order valence-electron chi connectivity index (χ1n) is 7.73. The molecule has 1 heterocycles. The van der Waals surface area contributed by atoms with Crippen molar-refractivity contribution in [3.05, 3.63) is 35.9 Å². The molecule has 1 aliphatic rings. The lowest BCUT2D eigenvalue weighted by atomic mass is 9.95. The molecule has 0 radical (unpaired) electrons. The molecule has 3 unspecified atom stereocenters. The van der Waals surface area contributed by atoms with Crippen molar-refractivity contribution in [2.45, 2.75) is 44.8 Å². The number of nitrogens with zero attached hydrogens (tertiary/aromatic N) is 1. The van der Waals surface area contributed by atoms with Crippen molar-refractivity contribution in [1.82, 2.24) is 4.90 Å². The predicted molar refractivity (Wildman–Crippen MR) is 83.4 cm³/mol. The summed E-state index contributed by atoms with van der Waals surface area (Å²) in [6.07, 6.45) is 2.84. The van der Waals surface area contributed by atoms with Gasteiger partial charge >= 0.3 is 0 Å². The zero-order chi connectivity index (χ0) is 14.6. The molecule has 0 aromatic heterocycles. The van der Waals surface area contributed by atoms with E-state index >= 15 is 0 Å². The average molecular weight is 276 g/mol. The zero-order valence-electron chi connectivity index (χ0n) is 12.8. The smallest absolute Gasteiger partial charge is 0.0632 e. The summed E-state index contributed by atoms with van der Waals surface area (Å²) in [5.74, 6) is 0.417. The molecule has 112 valence electrons. The highest BCUT2D eigenvalue weighted by molar-refractivity contribution is 5.19. The lowest BCUT2D eigenvalue weighted by Crippen LogP contribution is -2.35. The van der Waals surface area contributed by atoms with Gasteiger partial charge in [-0.05, 0) is 44.2 Å². The first-order valence-corrected chi connectivity index (χ1v) is 7.73. The highest BCUT2D eigenvalue weighted by Crippen LogP contribution is 2.24. The summed E-state index contributed by atoms with van der Waals surface area (Å²) in [6.45, 7) is 7.23. The van der Waals surface area contributed by atoms with Crippen LogP contribution >= 0.6 is 0 Å². The molecule has 3 atom stereocenters. The second-order valence-electron chi connectivity index (χ2n) is 6.56. The van der Waals surface area contributed by atoms with Crippen molar-refractivity contribution in [3.8, 4) is 0 Å². The van der Waals surface area contributed by atoms with Crippen LogP contribution in [0, 0.1) is 5.92 Å². The second kappa shape index (κ2) is 6.70. The lowest BCUT2D eigenvalue weighted by Gasteiger charge is -2.28. The SMILES string of the molecule is CC(CN1CCCC(C)(O)CC1)C(N)c1ccccc1. The van der Waals surface area contributed by atoms with E-state index in [-0.39, 0.29) is 6.04 Å². The van der Waals surface area contributed by atoms with E-state index in [1.54, 1.807) is 0 Å². The molecule has 0 saturated carbocycles. The molecule has 2 rings (SSSR count). The standard InChI is InChI=1S/C17H28N2O/c1-14(16(18)15-7-4-3-5-8-15)13-19-11-6-9-17(2,20)10-12-19/h3-5,7-8,14,16,20H,6,9-13,18H2,1-2H3. The van der Waals surface area contributed by atoms with Crippen LogP contribution in [0.4, 0.5) is 0 Å². The topological polar surface area (TPSA) is 49.5 Å². The third kappa shape index (κ3) is 4.30. The van der Waals surface area contributed by atoms with Gasteiger partial charge in [0.15, 0.2) is 0 Å². The fraction of sp³-hybridized carbons (Fsp3) is 0.647. The van der Waals surface area contributed by atoms with Gasteiger partial charge in [-0.15, -0.1) is 0 Å². The fourth-order valence-corrected chi connectivity index (χ4v) is 3.03. The molecule has 1 fully saturated rings. The Bertz CT molecular complexity index is 405. The van der Waals surface area contributed by atoms with Crippen LogP contribution < -0.4 is 5.73 Å². The summed E-state index contributed by atoms with van der Waals surface area (Å²) in [6, 6.07) is 10.4. The Labute approximate surface area is 122 Å². The zero-order valence-corrected chi connectivity index (χ0v) is 12.8. The minimum Gasteiger partial charge on any atom is -0.390 e. The summed E-state index contributed by atoms with van der Waals surface area (Å²) in [5.41, 5.74) is 7.10. The van der Waals surface area contributed by atoms with Crippen LogP contribution in [0.25, 0.3) is 0 Å². The molecule has 0 amide bonds. The highest BCUT2D eigenvalue weighted by Gasteiger charge is 2.26. The first kappa shape index (κ1) is 15.5. The quantitative estimate of drug-likeness (QED) is 0.888. The second-order valence-corrected chi connectivity index (χ2v) is 6.56. The minimum atomic E-state index is -0.487. The number of aliphatic hydroxyl groups is 1. The Kier molecular flexibility index (Phi) is 5.19. The van der Waals surface area contributed by atoms with Gasteiger partial charge in [0.25, 0.3) is 0 Å².